The van der Waals surface area contributed by atoms with Gasteiger partial charge >= 0.3 is 5.97 Å². The first-order chi connectivity index (χ1) is 12.1. The summed E-state index contributed by atoms with van der Waals surface area (Å²) < 4.78 is 5.41. The van der Waals surface area contributed by atoms with Gasteiger partial charge in [-0.05, 0) is 48.2 Å². The second kappa shape index (κ2) is 7.94. The second-order valence-electron chi connectivity index (χ2n) is 6.20. The van der Waals surface area contributed by atoms with Gasteiger partial charge in [0.25, 0.3) is 5.91 Å². The van der Waals surface area contributed by atoms with Gasteiger partial charge in [0.05, 0.1) is 12.2 Å². The SMILES string of the molecule is O=C(O)c1cccc(CCNC(=O)c2cccc([C@H]3CCOC3)c2)c1. The van der Waals surface area contributed by atoms with Crippen molar-refractivity contribution in [2.45, 2.75) is 18.8 Å². The summed E-state index contributed by atoms with van der Waals surface area (Å²) in [6.45, 7) is 1.94. The van der Waals surface area contributed by atoms with Crippen LogP contribution >= 0.6 is 0 Å². The molecule has 2 aromatic carbocycles. The lowest BCUT2D eigenvalue weighted by atomic mass is 9.96. The number of carbonyl (C=O) groups excluding carboxylic acids is 1. The number of nitrogens with one attached hydrogen (secondary N) is 1. The van der Waals surface area contributed by atoms with Crippen LogP contribution in [0.2, 0.25) is 0 Å². The first-order valence-corrected chi connectivity index (χ1v) is 8.41. The van der Waals surface area contributed by atoms with Crippen molar-refractivity contribution in [1.82, 2.24) is 5.32 Å². The molecule has 1 atom stereocenters. The van der Waals surface area contributed by atoms with Crippen LogP contribution in [0.5, 0.6) is 0 Å². The van der Waals surface area contributed by atoms with E-state index in [1.165, 1.54) is 0 Å². The molecule has 5 nitrogen and oxygen atoms in total. The molecule has 0 bridgehead atoms. The van der Waals surface area contributed by atoms with E-state index in [0.29, 0.717) is 31.1 Å². The second-order valence-corrected chi connectivity index (χ2v) is 6.20. The Morgan fingerprint density at radius 1 is 1.12 bits per heavy atom. The molecule has 3 rings (SSSR count). The third-order valence-corrected chi connectivity index (χ3v) is 4.42. The van der Waals surface area contributed by atoms with Crippen LogP contribution in [0.25, 0.3) is 0 Å². The van der Waals surface area contributed by atoms with E-state index in [-0.39, 0.29) is 11.5 Å². The van der Waals surface area contributed by atoms with Crippen LogP contribution in [0.4, 0.5) is 0 Å². The fourth-order valence-corrected chi connectivity index (χ4v) is 3.01. The maximum Gasteiger partial charge on any atom is 0.335 e. The van der Waals surface area contributed by atoms with E-state index >= 15 is 0 Å². The Balaban J connectivity index is 1.56. The molecular formula is C20H21NO4. The molecule has 2 aromatic rings. The van der Waals surface area contributed by atoms with E-state index < -0.39 is 5.97 Å². The molecule has 0 saturated carbocycles. The highest BCUT2D eigenvalue weighted by molar-refractivity contribution is 5.94. The van der Waals surface area contributed by atoms with E-state index in [4.69, 9.17) is 9.84 Å². The van der Waals surface area contributed by atoms with Crippen molar-refractivity contribution in [2.75, 3.05) is 19.8 Å². The van der Waals surface area contributed by atoms with Crippen LogP contribution in [0.1, 0.15) is 44.2 Å². The van der Waals surface area contributed by atoms with Crippen LogP contribution < -0.4 is 5.32 Å². The lowest BCUT2D eigenvalue weighted by molar-refractivity contribution is 0.0696. The summed E-state index contributed by atoms with van der Waals surface area (Å²) in [6.07, 6.45) is 1.58. The third-order valence-electron chi connectivity index (χ3n) is 4.42. The Labute approximate surface area is 146 Å². The normalized spacial score (nSPS) is 16.6. The number of aromatic carboxylic acids is 1. The molecule has 0 aliphatic carbocycles. The molecule has 2 N–H and O–H groups in total. The zero-order valence-corrected chi connectivity index (χ0v) is 13.9. The van der Waals surface area contributed by atoms with E-state index in [1.54, 1.807) is 24.3 Å². The number of benzene rings is 2. The number of carboxylic acids is 1. The predicted molar refractivity (Wildman–Crippen MR) is 94.1 cm³/mol. The van der Waals surface area contributed by atoms with Gasteiger partial charge in [0.15, 0.2) is 0 Å². The number of amides is 1. The molecular weight excluding hydrogens is 318 g/mol. The zero-order chi connectivity index (χ0) is 17.6. The van der Waals surface area contributed by atoms with Crippen molar-refractivity contribution in [3.8, 4) is 0 Å². The zero-order valence-electron chi connectivity index (χ0n) is 13.9. The smallest absolute Gasteiger partial charge is 0.335 e. The highest BCUT2D eigenvalue weighted by Gasteiger charge is 2.18. The van der Waals surface area contributed by atoms with Crippen molar-refractivity contribution >= 4 is 11.9 Å². The fraction of sp³-hybridized carbons (Fsp3) is 0.300. The van der Waals surface area contributed by atoms with Crippen molar-refractivity contribution in [3.63, 3.8) is 0 Å². The van der Waals surface area contributed by atoms with Crippen LogP contribution in [0, 0.1) is 0 Å². The number of carbonyl (C=O) groups is 2. The third kappa shape index (κ3) is 4.45. The number of carboxylic acid groups (broad SMARTS) is 1. The number of hydrogen-bond acceptors (Lipinski definition) is 3. The maximum atomic E-state index is 12.3. The average Bonchev–Trinajstić information content (AvgIpc) is 3.17. The average molecular weight is 339 g/mol. The van der Waals surface area contributed by atoms with E-state index in [0.717, 1.165) is 24.2 Å². The van der Waals surface area contributed by atoms with Crippen molar-refractivity contribution < 1.29 is 19.4 Å². The van der Waals surface area contributed by atoms with Crippen molar-refractivity contribution in [2.24, 2.45) is 0 Å². The summed E-state index contributed by atoms with van der Waals surface area (Å²) in [4.78, 5) is 23.3. The van der Waals surface area contributed by atoms with Gasteiger partial charge in [-0.25, -0.2) is 4.79 Å². The van der Waals surface area contributed by atoms with Gasteiger partial charge in [0.2, 0.25) is 0 Å². The van der Waals surface area contributed by atoms with Gasteiger partial charge in [-0.1, -0.05) is 24.3 Å². The Kier molecular flexibility index (Phi) is 5.46. The Morgan fingerprint density at radius 3 is 2.68 bits per heavy atom. The Bertz CT molecular complexity index is 766. The largest absolute Gasteiger partial charge is 0.478 e. The summed E-state index contributed by atoms with van der Waals surface area (Å²) in [6, 6.07) is 14.4. The summed E-state index contributed by atoms with van der Waals surface area (Å²) in [5, 5.41) is 11.9. The van der Waals surface area contributed by atoms with Gasteiger partial charge in [-0.15, -0.1) is 0 Å². The van der Waals surface area contributed by atoms with Crippen molar-refractivity contribution in [1.29, 1.82) is 0 Å². The Hall–Kier alpha value is -2.66. The Morgan fingerprint density at radius 2 is 1.92 bits per heavy atom. The van der Waals surface area contributed by atoms with E-state index in [9.17, 15) is 9.59 Å². The molecule has 1 aliphatic rings. The number of rotatable bonds is 6. The molecule has 1 amide bonds. The minimum absolute atomic E-state index is 0.116. The quantitative estimate of drug-likeness (QED) is 0.848. The molecule has 25 heavy (non-hydrogen) atoms. The first kappa shape index (κ1) is 17.2. The van der Waals surface area contributed by atoms with Crippen LogP contribution in [0.15, 0.2) is 48.5 Å². The van der Waals surface area contributed by atoms with E-state index in [1.807, 2.05) is 24.3 Å². The standard InChI is InChI=1S/C20H21NO4/c22-19(16-5-2-4-15(12-16)18-8-10-25-13-18)21-9-7-14-3-1-6-17(11-14)20(23)24/h1-6,11-12,18H,7-10,13H2,(H,21,22)(H,23,24)/t18-/m0/s1. The van der Waals surface area contributed by atoms with Gasteiger partial charge in [0, 0.05) is 24.6 Å². The summed E-state index contributed by atoms with van der Waals surface area (Å²) in [5.41, 5.74) is 2.93. The minimum atomic E-state index is -0.946. The lowest BCUT2D eigenvalue weighted by Gasteiger charge is -2.10. The van der Waals surface area contributed by atoms with Crippen LogP contribution in [0.3, 0.4) is 0 Å². The van der Waals surface area contributed by atoms with Gasteiger partial charge in [-0.3, -0.25) is 4.79 Å². The first-order valence-electron chi connectivity index (χ1n) is 8.41. The van der Waals surface area contributed by atoms with Crippen LogP contribution in [-0.4, -0.2) is 36.7 Å². The molecule has 0 unspecified atom stereocenters. The van der Waals surface area contributed by atoms with Gasteiger partial charge in [0.1, 0.15) is 0 Å². The van der Waals surface area contributed by atoms with Gasteiger partial charge < -0.3 is 15.2 Å². The van der Waals surface area contributed by atoms with E-state index in [2.05, 4.69) is 5.32 Å². The minimum Gasteiger partial charge on any atom is -0.478 e. The highest BCUT2D eigenvalue weighted by Crippen LogP contribution is 2.25. The summed E-state index contributed by atoms with van der Waals surface area (Å²) >= 11 is 0. The lowest BCUT2D eigenvalue weighted by Crippen LogP contribution is -2.25. The topological polar surface area (TPSA) is 75.6 Å². The summed E-state index contributed by atoms with van der Waals surface area (Å²) in [5.74, 6) is -0.694. The molecule has 5 heteroatoms. The summed E-state index contributed by atoms with van der Waals surface area (Å²) in [7, 11) is 0. The molecule has 1 heterocycles. The van der Waals surface area contributed by atoms with Gasteiger partial charge in [-0.2, -0.15) is 0 Å². The molecule has 0 spiro atoms. The molecule has 1 saturated heterocycles. The monoisotopic (exact) mass is 339 g/mol. The molecule has 1 fully saturated rings. The number of hydrogen-bond donors (Lipinski definition) is 2. The highest BCUT2D eigenvalue weighted by atomic mass is 16.5. The maximum absolute atomic E-state index is 12.3. The van der Waals surface area contributed by atoms with Crippen LogP contribution in [-0.2, 0) is 11.2 Å². The molecule has 130 valence electrons. The number of ether oxygens (including phenoxy) is 1. The molecule has 0 aromatic heterocycles. The molecule has 1 aliphatic heterocycles. The molecule has 0 radical (unpaired) electrons. The predicted octanol–water partition coefficient (Wildman–Crippen LogP) is 2.86. The fourth-order valence-electron chi connectivity index (χ4n) is 3.01. The van der Waals surface area contributed by atoms with Crippen molar-refractivity contribution in [3.05, 3.63) is 70.8 Å².